The third-order valence-electron chi connectivity index (χ3n) is 2.68. The summed E-state index contributed by atoms with van der Waals surface area (Å²) in [4.78, 5) is 15.5. The number of aliphatic hydroxyl groups is 1. The zero-order chi connectivity index (χ0) is 13.5. The van der Waals surface area contributed by atoms with Crippen molar-refractivity contribution in [3.63, 3.8) is 0 Å². The topological polar surface area (TPSA) is 80.0 Å². The molecule has 0 spiro atoms. The molecule has 1 aromatic carbocycles. The SMILES string of the molecule is O=C(NCCn1cncn1)[C@@H](O)Cc1ccccc1. The molecule has 0 saturated carbocycles. The molecule has 6 nitrogen and oxygen atoms in total. The molecule has 0 fully saturated rings. The second-order valence-corrected chi connectivity index (χ2v) is 4.16. The van der Waals surface area contributed by atoms with E-state index in [-0.39, 0.29) is 5.91 Å². The van der Waals surface area contributed by atoms with Crippen LogP contribution in [0.25, 0.3) is 0 Å². The molecule has 0 saturated heterocycles. The Hall–Kier alpha value is -2.21. The Balaban J connectivity index is 1.73. The van der Waals surface area contributed by atoms with Gasteiger partial charge in [0.1, 0.15) is 18.8 Å². The Morgan fingerprint density at radius 2 is 2.16 bits per heavy atom. The largest absolute Gasteiger partial charge is 0.383 e. The van der Waals surface area contributed by atoms with Crippen LogP contribution in [-0.2, 0) is 17.8 Å². The van der Waals surface area contributed by atoms with Crippen molar-refractivity contribution in [3.05, 3.63) is 48.5 Å². The summed E-state index contributed by atoms with van der Waals surface area (Å²) in [7, 11) is 0. The summed E-state index contributed by atoms with van der Waals surface area (Å²) in [6, 6.07) is 9.42. The van der Waals surface area contributed by atoms with Gasteiger partial charge in [0, 0.05) is 13.0 Å². The van der Waals surface area contributed by atoms with Crippen LogP contribution in [0.15, 0.2) is 43.0 Å². The maximum Gasteiger partial charge on any atom is 0.249 e. The minimum Gasteiger partial charge on any atom is -0.383 e. The fourth-order valence-corrected chi connectivity index (χ4v) is 1.69. The van der Waals surface area contributed by atoms with Crippen molar-refractivity contribution in [2.45, 2.75) is 19.1 Å². The third kappa shape index (κ3) is 4.18. The van der Waals surface area contributed by atoms with Gasteiger partial charge in [0.25, 0.3) is 0 Å². The highest BCUT2D eigenvalue weighted by atomic mass is 16.3. The van der Waals surface area contributed by atoms with Gasteiger partial charge < -0.3 is 10.4 Å². The average molecular weight is 260 g/mol. The summed E-state index contributed by atoms with van der Waals surface area (Å²) in [5.74, 6) is -0.371. The maximum atomic E-state index is 11.7. The quantitative estimate of drug-likeness (QED) is 0.766. The van der Waals surface area contributed by atoms with Gasteiger partial charge in [-0.25, -0.2) is 4.98 Å². The van der Waals surface area contributed by atoms with E-state index in [9.17, 15) is 9.90 Å². The molecule has 0 aliphatic carbocycles. The first-order valence-electron chi connectivity index (χ1n) is 6.08. The normalized spacial score (nSPS) is 12.1. The molecule has 0 radical (unpaired) electrons. The Morgan fingerprint density at radius 1 is 1.37 bits per heavy atom. The van der Waals surface area contributed by atoms with Crippen molar-refractivity contribution >= 4 is 5.91 Å². The van der Waals surface area contributed by atoms with Gasteiger partial charge in [0.05, 0.1) is 6.54 Å². The van der Waals surface area contributed by atoms with Crippen LogP contribution in [0.4, 0.5) is 0 Å². The van der Waals surface area contributed by atoms with Crippen LogP contribution in [0.5, 0.6) is 0 Å². The van der Waals surface area contributed by atoms with E-state index in [4.69, 9.17) is 0 Å². The molecule has 2 aromatic rings. The number of carbonyl (C=O) groups excluding carboxylic acids is 1. The fourth-order valence-electron chi connectivity index (χ4n) is 1.69. The Kier molecular flexibility index (Phi) is 4.63. The fraction of sp³-hybridized carbons (Fsp3) is 0.308. The molecule has 100 valence electrons. The van der Waals surface area contributed by atoms with Crippen molar-refractivity contribution in [2.24, 2.45) is 0 Å². The zero-order valence-corrected chi connectivity index (χ0v) is 10.4. The summed E-state index contributed by atoms with van der Waals surface area (Å²) in [5.41, 5.74) is 0.932. The van der Waals surface area contributed by atoms with Crippen LogP contribution in [0.3, 0.4) is 0 Å². The van der Waals surface area contributed by atoms with Crippen molar-refractivity contribution in [2.75, 3.05) is 6.54 Å². The van der Waals surface area contributed by atoms with Crippen molar-refractivity contribution in [3.8, 4) is 0 Å². The van der Waals surface area contributed by atoms with Gasteiger partial charge >= 0.3 is 0 Å². The highest BCUT2D eigenvalue weighted by Gasteiger charge is 2.14. The minimum atomic E-state index is -1.03. The molecule has 0 unspecified atom stereocenters. The molecule has 1 aromatic heterocycles. The summed E-state index contributed by atoms with van der Waals surface area (Å²) in [6.45, 7) is 0.942. The van der Waals surface area contributed by atoms with Crippen LogP contribution in [-0.4, -0.2) is 38.4 Å². The number of carbonyl (C=O) groups is 1. The van der Waals surface area contributed by atoms with Gasteiger partial charge in [-0.1, -0.05) is 30.3 Å². The van der Waals surface area contributed by atoms with Gasteiger partial charge in [-0.3, -0.25) is 9.48 Å². The molecule has 0 aliphatic heterocycles. The van der Waals surface area contributed by atoms with E-state index < -0.39 is 6.10 Å². The van der Waals surface area contributed by atoms with Crippen molar-refractivity contribution in [1.29, 1.82) is 0 Å². The van der Waals surface area contributed by atoms with Gasteiger partial charge in [-0.2, -0.15) is 5.10 Å². The lowest BCUT2D eigenvalue weighted by atomic mass is 10.1. The minimum absolute atomic E-state index is 0.315. The summed E-state index contributed by atoms with van der Waals surface area (Å²) < 4.78 is 1.61. The predicted molar refractivity (Wildman–Crippen MR) is 69.2 cm³/mol. The van der Waals surface area contributed by atoms with Crippen LogP contribution >= 0.6 is 0 Å². The van der Waals surface area contributed by atoms with E-state index in [1.165, 1.54) is 6.33 Å². The zero-order valence-electron chi connectivity index (χ0n) is 10.4. The maximum absolute atomic E-state index is 11.7. The number of rotatable bonds is 6. The van der Waals surface area contributed by atoms with E-state index in [0.29, 0.717) is 19.5 Å². The first-order chi connectivity index (χ1) is 9.25. The van der Waals surface area contributed by atoms with E-state index in [1.54, 1.807) is 11.0 Å². The van der Waals surface area contributed by atoms with E-state index >= 15 is 0 Å². The Bertz CT molecular complexity index is 499. The number of hydrogen-bond donors (Lipinski definition) is 2. The monoisotopic (exact) mass is 260 g/mol. The number of amides is 1. The number of aromatic nitrogens is 3. The van der Waals surface area contributed by atoms with Crippen LogP contribution < -0.4 is 5.32 Å². The molecule has 6 heteroatoms. The lowest BCUT2D eigenvalue weighted by Gasteiger charge is -2.11. The molecule has 2 N–H and O–H groups in total. The van der Waals surface area contributed by atoms with Gasteiger partial charge in [0.15, 0.2) is 0 Å². The third-order valence-corrected chi connectivity index (χ3v) is 2.68. The van der Waals surface area contributed by atoms with Crippen molar-refractivity contribution < 1.29 is 9.90 Å². The van der Waals surface area contributed by atoms with E-state index in [1.807, 2.05) is 30.3 Å². The molecule has 0 bridgehead atoms. The number of nitrogens with one attached hydrogen (secondary N) is 1. The van der Waals surface area contributed by atoms with E-state index in [0.717, 1.165) is 5.56 Å². The summed E-state index contributed by atoms with van der Waals surface area (Å²) in [6.07, 6.45) is 2.30. The lowest BCUT2D eigenvalue weighted by molar-refractivity contribution is -0.129. The van der Waals surface area contributed by atoms with E-state index in [2.05, 4.69) is 15.4 Å². The Morgan fingerprint density at radius 3 is 2.84 bits per heavy atom. The number of hydrogen-bond acceptors (Lipinski definition) is 4. The molecule has 1 amide bonds. The molecule has 2 rings (SSSR count). The van der Waals surface area contributed by atoms with Gasteiger partial charge in [-0.15, -0.1) is 0 Å². The van der Waals surface area contributed by atoms with Crippen molar-refractivity contribution in [1.82, 2.24) is 20.1 Å². The molecule has 1 atom stereocenters. The second kappa shape index (κ2) is 6.65. The molecular weight excluding hydrogens is 244 g/mol. The predicted octanol–water partition coefficient (Wildman–Crippen LogP) is -0.00210. The van der Waals surface area contributed by atoms with Gasteiger partial charge in [-0.05, 0) is 5.56 Å². The highest BCUT2D eigenvalue weighted by Crippen LogP contribution is 2.02. The van der Waals surface area contributed by atoms with Gasteiger partial charge in [0.2, 0.25) is 5.91 Å². The summed E-state index contributed by atoms with van der Waals surface area (Å²) in [5, 5.41) is 16.4. The molecule has 0 aliphatic rings. The number of aliphatic hydroxyl groups excluding tert-OH is 1. The second-order valence-electron chi connectivity index (χ2n) is 4.16. The standard InChI is InChI=1S/C13H16N4O2/c18-12(8-11-4-2-1-3-5-11)13(19)15-6-7-17-10-14-9-16-17/h1-5,9-10,12,18H,6-8H2,(H,15,19)/t12-/m0/s1. The first kappa shape index (κ1) is 13.2. The molecular formula is C13H16N4O2. The van der Waals surface area contributed by atoms with Crippen LogP contribution in [0.1, 0.15) is 5.56 Å². The van der Waals surface area contributed by atoms with Crippen LogP contribution in [0, 0.1) is 0 Å². The molecule has 1 heterocycles. The lowest BCUT2D eigenvalue weighted by Crippen LogP contribution is -2.37. The Labute approximate surface area is 111 Å². The highest BCUT2D eigenvalue weighted by molar-refractivity contribution is 5.80. The number of nitrogens with zero attached hydrogens (tertiary/aromatic N) is 3. The smallest absolute Gasteiger partial charge is 0.249 e. The number of benzene rings is 1. The average Bonchev–Trinajstić information content (AvgIpc) is 2.93. The summed E-state index contributed by atoms with van der Waals surface area (Å²) >= 11 is 0. The van der Waals surface area contributed by atoms with Crippen LogP contribution in [0.2, 0.25) is 0 Å². The molecule has 19 heavy (non-hydrogen) atoms. The first-order valence-corrected chi connectivity index (χ1v) is 6.08.